The Morgan fingerprint density at radius 3 is 2.47 bits per heavy atom. The molecule has 4 nitrogen and oxygen atoms in total. The van der Waals surface area contributed by atoms with Gasteiger partial charge in [0.15, 0.2) is 0 Å². The molecule has 0 aliphatic carbocycles. The summed E-state index contributed by atoms with van der Waals surface area (Å²) in [5.74, 6) is -0.758. The molecule has 0 bridgehead atoms. The maximum absolute atomic E-state index is 11.7. The number of carboxylic acids is 1. The van der Waals surface area contributed by atoms with Crippen LogP contribution in [0.4, 0.5) is 0 Å². The second-order valence-electron chi connectivity index (χ2n) is 4.82. The van der Waals surface area contributed by atoms with E-state index in [1.165, 1.54) is 0 Å². The first-order valence-electron chi connectivity index (χ1n) is 6.42. The van der Waals surface area contributed by atoms with Gasteiger partial charge in [-0.05, 0) is 24.9 Å². The number of piperazine rings is 1. The number of rotatable bonds is 4. The molecular weight excluding hydrogens is 260 g/mol. The molecule has 1 atom stereocenters. The fraction of sp³-hybridized carbons (Fsp3) is 0.500. The Labute approximate surface area is 118 Å². The largest absolute Gasteiger partial charge is 0.480 e. The standard InChI is InChI=1S/C14H20N2O2S/c1-15-7-9-16(10-8-15)13(14(17)18)11-5-3-4-6-12(11)19-2/h3-6,13H,7-10H2,1-2H3,(H,17,18). The van der Waals surface area contributed by atoms with Crippen LogP contribution in [-0.2, 0) is 4.79 Å². The van der Waals surface area contributed by atoms with Crippen LogP contribution in [0.25, 0.3) is 0 Å². The number of carboxylic acid groups (broad SMARTS) is 1. The summed E-state index contributed by atoms with van der Waals surface area (Å²) in [5.41, 5.74) is 0.909. The van der Waals surface area contributed by atoms with Gasteiger partial charge in [-0.25, -0.2) is 0 Å². The van der Waals surface area contributed by atoms with Gasteiger partial charge in [-0.3, -0.25) is 9.69 Å². The van der Waals surface area contributed by atoms with Crippen molar-refractivity contribution in [3.8, 4) is 0 Å². The molecule has 1 aliphatic heterocycles. The van der Waals surface area contributed by atoms with Gasteiger partial charge in [-0.1, -0.05) is 18.2 Å². The van der Waals surface area contributed by atoms with Gasteiger partial charge < -0.3 is 10.0 Å². The predicted molar refractivity (Wildman–Crippen MR) is 77.7 cm³/mol. The molecule has 1 fully saturated rings. The van der Waals surface area contributed by atoms with Crippen LogP contribution >= 0.6 is 11.8 Å². The van der Waals surface area contributed by atoms with E-state index >= 15 is 0 Å². The second-order valence-corrected chi connectivity index (χ2v) is 5.67. The molecule has 0 spiro atoms. The molecule has 1 aliphatic rings. The van der Waals surface area contributed by atoms with Crippen LogP contribution in [0.1, 0.15) is 11.6 Å². The van der Waals surface area contributed by atoms with Crippen molar-refractivity contribution in [1.82, 2.24) is 9.80 Å². The van der Waals surface area contributed by atoms with Gasteiger partial charge in [0.25, 0.3) is 0 Å². The van der Waals surface area contributed by atoms with E-state index in [0.29, 0.717) is 0 Å². The summed E-state index contributed by atoms with van der Waals surface area (Å²) in [6.45, 7) is 3.45. The minimum Gasteiger partial charge on any atom is -0.480 e. The van der Waals surface area contributed by atoms with E-state index in [-0.39, 0.29) is 0 Å². The molecule has 0 saturated carbocycles. The van der Waals surface area contributed by atoms with Crippen molar-refractivity contribution in [2.24, 2.45) is 0 Å². The molecule has 1 aromatic carbocycles. The van der Waals surface area contributed by atoms with Gasteiger partial charge in [-0.15, -0.1) is 11.8 Å². The highest BCUT2D eigenvalue weighted by Crippen LogP contribution is 2.30. The number of hydrogen-bond acceptors (Lipinski definition) is 4. The lowest BCUT2D eigenvalue weighted by Gasteiger charge is -2.36. The highest BCUT2D eigenvalue weighted by atomic mass is 32.2. The quantitative estimate of drug-likeness (QED) is 0.852. The van der Waals surface area contributed by atoms with Crippen molar-refractivity contribution in [1.29, 1.82) is 0 Å². The first kappa shape index (κ1) is 14.4. The number of thioether (sulfide) groups is 1. The lowest BCUT2D eigenvalue weighted by atomic mass is 10.0. The van der Waals surface area contributed by atoms with Crippen molar-refractivity contribution in [2.45, 2.75) is 10.9 Å². The molecular formula is C14H20N2O2S. The number of likely N-dealkylation sites (N-methyl/N-ethyl adjacent to an activating group) is 1. The Kier molecular flexibility index (Phi) is 4.85. The molecule has 104 valence electrons. The van der Waals surface area contributed by atoms with Crippen molar-refractivity contribution < 1.29 is 9.90 Å². The van der Waals surface area contributed by atoms with E-state index in [1.807, 2.05) is 30.5 Å². The first-order chi connectivity index (χ1) is 9.13. The minimum absolute atomic E-state index is 0.530. The molecule has 0 aromatic heterocycles. The molecule has 1 heterocycles. The molecule has 0 amide bonds. The summed E-state index contributed by atoms with van der Waals surface area (Å²) in [6.07, 6.45) is 1.99. The van der Waals surface area contributed by atoms with Gasteiger partial charge in [0.1, 0.15) is 6.04 Å². The van der Waals surface area contributed by atoms with Crippen LogP contribution in [0.3, 0.4) is 0 Å². The van der Waals surface area contributed by atoms with Crippen LogP contribution in [0.2, 0.25) is 0 Å². The van der Waals surface area contributed by atoms with Gasteiger partial charge in [0.2, 0.25) is 0 Å². The van der Waals surface area contributed by atoms with Crippen molar-refractivity contribution in [3.05, 3.63) is 29.8 Å². The summed E-state index contributed by atoms with van der Waals surface area (Å²) < 4.78 is 0. The topological polar surface area (TPSA) is 43.8 Å². The van der Waals surface area contributed by atoms with Crippen LogP contribution in [-0.4, -0.2) is 60.4 Å². The monoisotopic (exact) mass is 280 g/mol. The zero-order valence-corrected chi connectivity index (χ0v) is 12.2. The maximum atomic E-state index is 11.7. The summed E-state index contributed by atoms with van der Waals surface area (Å²) in [5, 5.41) is 9.60. The van der Waals surface area contributed by atoms with Gasteiger partial charge in [-0.2, -0.15) is 0 Å². The number of carbonyl (C=O) groups is 1. The summed E-state index contributed by atoms with van der Waals surface area (Å²) in [7, 11) is 2.07. The first-order valence-corrected chi connectivity index (χ1v) is 7.64. The van der Waals surface area contributed by atoms with Crippen LogP contribution in [0, 0.1) is 0 Å². The Balaban J connectivity index is 2.27. The number of aliphatic carboxylic acids is 1. The average molecular weight is 280 g/mol. The smallest absolute Gasteiger partial charge is 0.325 e. The molecule has 1 unspecified atom stereocenters. The summed E-state index contributed by atoms with van der Waals surface area (Å²) >= 11 is 1.61. The summed E-state index contributed by atoms with van der Waals surface area (Å²) in [6, 6.07) is 7.27. The second kappa shape index (κ2) is 6.41. The number of nitrogens with zero attached hydrogens (tertiary/aromatic N) is 2. The zero-order chi connectivity index (χ0) is 13.8. The number of hydrogen-bond donors (Lipinski definition) is 1. The fourth-order valence-electron chi connectivity index (χ4n) is 2.46. The highest BCUT2D eigenvalue weighted by Gasteiger charge is 2.30. The molecule has 19 heavy (non-hydrogen) atoms. The Morgan fingerprint density at radius 1 is 1.26 bits per heavy atom. The van der Waals surface area contributed by atoms with E-state index in [0.717, 1.165) is 36.6 Å². The van der Waals surface area contributed by atoms with E-state index in [1.54, 1.807) is 11.8 Å². The van der Waals surface area contributed by atoms with Crippen LogP contribution in [0.5, 0.6) is 0 Å². The maximum Gasteiger partial charge on any atom is 0.325 e. The van der Waals surface area contributed by atoms with E-state index in [9.17, 15) is 9.90 Å². The third kappa shape index (κ3) is 3.29. The lowest BCUT2D eigenvalue weighted by molar-refractivity contribution is -0.144. The molecule has 1 aromatic rings. The van der Waals surface area contributed by atoms with Gasteiger partial charge in [0.05, 0.1) is 0 Å². The van der Waals surface area contributed by atoms with Crippen molar-refractivity contribution in [2.75, 3.05) is 39.5 Å². The molecule has 1 N–H and O–H groups in total. The van der Waals surface area contributed by atoms with Crippen molar-refractivity contribution in [3.63, 3.8) is 0 Å². The normalized spacial score (nSPS) is 19.3. The third-order valence-corrected chi connectivity index (χ3v) is 4.38. The molecule has 5 heteroatoms. The van der Waals surface area contributed by atoms with Crippen LogP contribution < -0.4 is 0 Å². The van der Waals surface area contributed by atoms with E-state index in [4.69, 9.17) is 0 Å². The zero-order valence-electron chi connectivity index (χ0n) is 11.4. The minimum atomic E-state index is -0.758. The molecule has 2 rings (SSSR count). The van der Waals surface area contributed by atoms with Crippen molar-refractivity contribution >= 4 is 17.7 Å². The highest BCUT2D eigenvalue weighted by molar-refractivity contribution is 7.98. The third-order valence-electron chi connectivity index (χ3n) is 3.57. The Morgan fingerprint density at radius 2 is 1.89 bits per heavy atom. The summed E-state index contributed by atoms with van der Waals surface area (Å²) in [4.78, 5) is 17.0. The Bertz CT molecular complexity index is 445. The molecule has 1 saturated heterocycles. The number of benzene rings is 1. The molecule has 0 radical (unpaired) electrons. The average Bonchev–Trinajstić information content (AvgIpc) is 2.41. The van der Waals surface area contributed by atoms with Gasteiger partial charge >= 0.3 is 5.97 Å². The van der Waals surface area contributed by atoms with Gasteiger partial charge in [0, 0.05) is 31.1 Å². The Hall–Kier alpha value is -1.04. The lowest BCUT2D eigenvalue weighted by Crippen LogP contribution is -2.47. The van der Waals surface area contributed by atoms with E-state index in [2.05, 4.69) is 16.8 Å². The van der Waals surface area contributed by atoms with E-state index < -0.39 is 12.0 Å². The SMILES string of the molecule is CSc1ccccc1C(C(=O)O)N1CCN(C)CC1. The van der Waals surface area contributed by atoms with Crippen LogP contribution in [0.15, 0.2) is 29.2 Å². The predicted octanol–water partition coefficient (Wildman–Crippen LogP) is 1.78. The fourth-order valence-corrected chi connectivity index (χ4v) is 3.09.